The van der Waals surface area contributed by atoms with Gasteiger partial charge in [0.1, 0.15) is 5.44 Å². The molecule has 0 bridgehead atoms. The van der Waals surface area contributed by atoms with E-state index < -0.39 is 8.22 Å². The Morgan fingerprint density at radius 1 is 0.783 bits per heavy atom. The van der Waals surface area contributed by atoms with Crippen molar-refractivity contribution in [3.05, 3.63) is 6.20 Å². The lowest BCUT2D eigenvalue weighted by molar-refractivity contribution is 0.260. The van der Waals surface area contributed by atoms with Gasteiger partial charge in [0.25, 0.3) is 0 Å². The zero-order valence-electron chi connectivity index (χ0n) is 16.6. The second-order valence-corrected chi connectivity index (χ2v) is 9.54. The van der Waals surface area contributed by atoms with Gasteiger partial charge in [0, 0.05) is 30.2 Å². The molecule has 6 heteroatoms. The van der Waals surface area contributed by atoms with Crippen molar-refractivity contribution < 1.29 is 0 Å². The minimum atomic E-state index is -0.672. The number of aromatic nitrogens is 3. The molecule has 0 saturated carbocycles. The van der Waals surface area contributed by atoms with Gasteiger partial charge in [0.05, 0.1) is 14.4 Å². The summed E-state index contributed by atoms with van der Waals surface area (Å²) in [6.07, 6.45) is 2.14. The molecule has 0 aliphatic carbocycles. The molecule has 134 valence electrons. The zero-order valence-corrected chi connectivity index (χ0v) is 17.5. The third-order valence-corrected chi connectivity index (χ3v) is 7.12. The van der Waals surface area contributed by atoms with Crippen molar-refractivity contribution in [3.63, 3.8) is 0 Å². The molecule has 0 aliphatic heterocycles. The van der Waals surface area contributed by atoms with Gasteiger partial charge in [0.15, 0.2) is 0 Å². The second kappa shape index (κ2) is 8.55. The molecule has 0 amide bonds. The average Bonchev–Trinajstić information content (AvgIpc) is 2.85. The van der Waals surface area contributed by atoms with Crippen molar-refractivity contribution in [2.45, 2.75) is 99.4 Å². The Labute approximate surface area is 144 Å². The number of hydrogen-bond donors (Lipinski definition) is 0. The second-order valence-electron chi connectivity index (χ2n) is 7.57. The largest absolute Gasteiger partial charge is 0.260 e. The molecule has 0 fully saturated rings. The van der Waals surface area contributed by atoms with Crippen molar-refractivity contribution in [1.29, 1.82) is 0 Å². The third-order valence-electron chi connectivity index (χ3n) is 3.79. The molecule has 0 aromatic carbocycles. The maximum atomic E-state index is 4.57. The first kappa shape index (κ1) is 20.5. The Kier molecular flexibility index (Phi) is 7.63. The molecule has 0 atom stereocenters. The Hall–Kier alpha value is -0.510. The summed E-state index contributed by atoms with van der Waals surface area (Å²) in [4.78, 5) is 0. The molecule has 0 N–H and O–H groups in total. The van der Waals surface area contributed by atoms with Crippen LogP contribution in [0.4, 0.5) is 0 Å². The highest BCUT2D eigenvalue weighted by Gasteiger charge is 2.36. The van der Waals surface area contributed by atoms with Gasteiger partial charge in [-0.2, -0.15) is 0 Å². The number of nitrogens with zero attached hydrogens (tertiary/aromatic N) is 5. The maximum Gasteiger partial charge on any atom is 0.136 e. The maximum absolute atomic E-state index is 4.57. The van der Waals surface area contributed by atoms with Gasteiger partial charge in [-0.05, 0) is 69.2 Å². The van der Waals surface area contributed by atoms with Crippen LogP contribution in [-0.4, -0.2) is 48.5 Å². The quantitative estimate of drug-likeness (QED) is 0.669. The average molecular weight is 341 g/mol. The van der Waals surface area contributed by atoms with Gasteiger partial charge in [-0.3, -0.25) is 9.34 Å². The molecule has 1 heterocycles. The summed E-state index contributed by atoms with van der Waals surface area (Å²) in [6, 6.07) is 2.19. The van der Waals surface area contributed by atoms with E-state index in [2.05, 4.69) is 95.1 Å². The number of hydrogen-bond acceptors (Lipinski definition) is 4. The topological polar surface area (TPSA) is 37.2 Å². The van der Waals surface area contributed by atoms with Crippen LogP contribution in [-0.2, 0) is 0 Å². The molecule has 0 unspecified atom stereocenters. The minimum Gasteiger partial charge on any atom is -0.260 e. The van der Waals surface area contributed by atoms with Crippen LogP contribution in [0.2, 0.25) is 0 Å². The molecule has 23 heavy (non-hydrogen) atoms. The molecule has 0 saturated heterocycles. The minimum absolute atomic E-state index is 0.339. The smallest absolute Gasteiger partial charge is 0.136 e. The van der Waals surface area contributed by atoms with E-state index in [1.54, 1.807) is 0 Å². The monoisotopic (exact) mass is 341 g/mol. The summed E-state index contributed by atoms with van der Waals surface area (Å²) in [7, 11) is -0.672. The normalized spacial score (nSPS) is 13.3. The van der Waals surface area contributed by atoms with Gasteiger partial charge >= 0.3 is 0 Å². The summed E-state index contributed by atoms with van der Waals surface area (Å²) in [5.74, 6) is 0. The highest BCUT2D eigenvalue weighted by atomic mass is 31.1. The van der Waals surface area contributed by atoms with E-state index in [0.717, 1.165) is 5.44 Å². The van der Waals surface area contributed by atoms with Gasteiger partial charge in [0.2, 0.25) is 0 Å². The highest BCUT2D eigenvalue weighted by Crippen LogP contribution is 2.48. The fraction of sp³-hybridized carbons (Fsp3) is 0.882. The Bertz CT molecular complexity index is 431. The van der Waals surface area contributed by atoms with Crippen molar-refractivity contribution in [1.82, 2.24) is 24.3 Å². The summed E-state index contributed by atoms with van der Waals surface area (Å²) in [6.45, 7) is 22.5. The van der Waals surface area contributed by atoms with E-state index >= 15 is 0 Å². The van der Waals surface area contributed by atoms with Gasteiger partial charge in [-0.25, -0.2) is 4.68 Å². The molecule has 5 nitrogen and oxygen atoms in total. The summed E-state index contributed by atoms with van der Waals surface area (Å²) in [5.41, 5.74) is 1.11. The van der Waals surface area contributed by atoms with Gasteiger partial charge < -0.3 is 0 Å². The van der Waals surface area contributed by atoms with Crippen LogP contribution in [0.3, 0.4) is 0 Å². The molecule has 0 spiro atoms. The van der Waals surface area contributed by atoms with Gasteiger partial charge in [-0.15, -0.1) is 5.10 Å². The molecule has 0 aliphatic rings. The van der Waals surface area contributed by atoms with E-state index in [1.807, 2.05) is 4.68 Å². The van der Waals surface area contributed by atoms with Crippen LogP contribution < -0.4 is 5.44 Å². The van der Waals surface area contributed by atoms with Crippen LogP contribution >= 0.6 is 8.22 Å². The van der Waals surface area contributed by atoms with E-state index in [1.165, 1.54) is 0 Å². The predicted octanol–water partition coefficient (Wildman–Crippen LogP) is 4.03. The van der Waals surface area contributed by atoms with Crippen molar-refractivity contribution in [2.75, 3.05) is 0 Å². The fourth-order valence-corrected chi connectivity index (χ4v) is 5.84. The Balaban J connectivity index is 3.39. The fourth-order valence-electron chi connectivity index (χ4n) is 3.03. The van der Waals surface area contributed by atoms with Crippen LogP contribution in [0.25, 0.3) is 0 Å². The van der Waals surface area contributed by atoms with Crippen molar-refractivity contribution >= 4 is 13.7 Å². The molecular weight excluding hydrogens is 305 g/mol. The van der Waals surface area contributed by atoms with Gasteiger partial charge in [-0.1, -0.05) is 5.21 Å². The lowest BCUT2D eigenvalue weighted by atomic mass is 10.3. The summed E-state index contributed by atoms with van der Waals surface area (Å²) >= 11 is 0. The lowest BCUT2D eigenvalue weighted by Gasteiger charge is -2.46. The molecular formula is C17H36N5P. The number of rotatable bonds is 8. The molecule has 1 aromatic rings. The molecule has 0 radical (unpaired) electrons. The Morgan fingerprint density at radius 2 is 1.17 bits per heavy atom. The standard InChI is InChI=1S/C17H36N5P/c1-12(2)20-11-17(18-19-20)23(21(13(3)4)14(5)6)22(15(7)8)16(9)10/h11-16H,1-10H3. The predicted molar refractivity (Wildman–Crippen MR) is 101 cm³/mol. The first-order chi connectivity index (χ1) is 10.6. The van der Waals surface area contributed by atoms with E-state index in [-0.39, 0.29) is 0 Å². The first-order valence-electron chi connectivity index (χ1n) is 8.86. The van der Waals surface area contributed by atoms with Crippen molar-refractivity contribution in [3.8, 4) is 0 Å². The van der Waals surface area contributed by atoms with Crippen molar-refractivity contribution in [2.24, 2.45) is 0 Å². The summed E-state index contributed by atoms with van der Waals surface area (Å²) in [5, 5.41) is 8.94. The van der Waals surface area contributed by atoms with Crippen LogP contribution in [0.5, 0.6) is 0 Å². The SMILES string of the molecule is CC(C)N(C(C)C)P(c1cn(C(C)C)nn1)N(C(C)C)C(C)C. The lowest BCUT2D eigenvalue weighted by Crippen LogP contribution is -2.46. The Morgan fingerprint density at radius 3 is 1.43 bits per heavy atom. The van der Waals surface area contributed by atoms with Crippen LogP contribution in [0.15, 0.2) is 6.20 Å². The first-order valence-corrected chi connectivity index (χ1v) is 10.1. The third kappa shape index (κ3) is 4.98. The van der Waals surface area contributed by atoms with Crippen LogP contribution in [0, 0.1) is 0 Å². The highest BCUT2D eigenvalue weighted by molar-refractivity contribution is 7.60. The van der Waals surface area contributed by atoms with E-state index in [0.29, 0.717) is 30.2 Å². The summed E-state index contributed by atoms with van der Waals surface area (Å²) < 4.78 is 7.18. The van der Waals surface area contributed by atoms with E-state index in [4.69, 9.17) is 0 Å². The molecule has 1 aromatic heterocycles. The molecule has 1 rings (SSSR count). The zero-order chi connectivity index (χ0) is 17.9. The van der Waals surface area contributed by atoms with Crippen LogP contribution in [0.1, 0.15) is 75.3 Å². The van der Waals surface area contributed by atoms with E-state index in [9.17, 15) is 0 Å².